The minimum Gasteiger partial charge on any atom is -0.423 e. The van der Waals surface area contributed by atoms with Gasteiger partial charge in [0.25, 0.3) is 11.7 Å². The van der Waals surface area contributed by atoms with Gasteiger partial charge in [0.2, 0.25) is 0 Å². The van der Waals surface area contributed by atoms with Gasteiger partial charge < -0.3 is 9.73 Å². The molecule has 0 radical (unpaired) electrons. The number of benzene rings is 1. The lowest BCUT2D eigenvalue weighted by Crippen LogP contribution is -2.22. The first-order valence-electron chi connectivity index (χ1n) is 6.41. The average Bonchev–Trinajstić information content (AvgIpc) is 3.05. The molecular weight excluding hydrogens is 274 g/mol. The van der Waals surface area contributed by atoms with E-state index in [0.29, 0.717) is 23.7 Å². The summed E-state index contributed by atoms with van der Waals surface area (Å²) in [5, 5.41) is 18.0. The van der Waals surface area contributed by atoms with Gasteiger partial charge in [-0.15, -0.1) is 0 Å². The van der Waals surface area contributed by atoms with Crippen LogP contribution in [0.1, 0.15) is 6.92 Å². The van der Waals surface area contributed by atoms with E-state index in [9.17, 15) is 10.1 Å². The number of oxazole rings is 1. The lowest BCUT2D eigenvalue weighted by molar-refractivity contribution is -0.384. The Balaban J connectivity index is 1.76. The Labute approximate surface area is 119 Å². The molecule has 1 unspecified atom stereocenters. The van der Waals surface area contributed by atoms with Crippen molar-refractivity contribution in [3.05, 3.63) is 46.8 Å². The second-order valence-corrected chi connectivity index (χ2v) is 4.70. The van der Waals surface area contributed by atoms with Crippen molar-refractivity contribution >= 4 is 22.8 Å². The van der Waals surface area contributed by atoms with Crippen LogP contribution >= 0.6 is 0 Å². The molecule has 108 valence electrons. The Morgan fingerprint density at radius 2 is 2.38 bits per heavy atom. The van der Waals surface area contributed by atoms with Gasteiger partial charge in [-0.1, -0.05) is 0 Å². The van der Waals surface area contributed by atoms with Crippen LogP contribution < -0.4 is 5.32 Å². The number of aromatic nitrogens is 3. The highest BCUT2D eigenvalue weighted by atomic mass is 16.6. The van der Waals surface area contributed by atoms with E-state index in [-0.39, 0.29) is 11.7 Å². The molecule has 8 heteroatoms. The fraction of sp³-hybridized carbons (Fsp3) is 0.231. The SMILES string of the molecule is CC(Cn1cccn1)Nc1nc2ccc([N+](=O)[O-])cc2o1. The molecule has 21 heavy (non-hydrogen) atoms. The molecule has 1 N–H and O–H groups in total. The molecule has 0 aliphatic carbocycles. The maximum absolute atomic E-state index is 10.7. The van der Waals surface area contributed by atoms with E-state index in [4.69, 9.17) is 4.42 Å². The highest BCUT2D eigenvalue weighted by molar-refractivity contribution is 5.77. The third-order valence-electron chi connectivity index (χ3n) is 2.97. The fourth-order valence-corrected chi connectivity index (χ4v) is 2.03. The molecule has 0 saturated carbocycles. The first kappa shape index (κ1) is 13.1. The highest BCUT2D eigenvalue weighted by Crippen LogP contribution is 2.23. The van der Waals surface area contributed by atoms with Crippen LogP contribution in [-0.2, 0) is 6.54 Å². The number of nitrogens with one attached hydrogen (secondary N) is 1. The zero-order valence-electron chi connectivity index (χ0n) is 11.3. The molecule has 2 heterocycles. The minimum atomic E-state index is -0.463. The van der Waals surface area contributed by atoms with Crippen molar-refractivity contribution in [2.75, 3.05) is 5.32 Å². The maximum atomic E-state index is 10.7. The molecule has 0 saturated heterocycles. The van der Waals surface area contributed by atoms with Crippen LogP contribution in [0.3, 0.4) is 0 Å². The molecule has 0 bridgehead atoms. The summed E-state index contributed by atoms with van der Waals surface area (Å²) in [6.45, 7) is 2.63. The molecule has 0 amide bonds. The molecule has 0 aliphatic rings. The molecule has 0 spiro atoms. The monoisotopic (exact) mass is 287 g/mol. The minimum absolute atomic E-state index is 0.0187. The van der Waals surface area contributed by atoms with Gasteiger partial charge in [0, 0.05) is 24.5 Å². The van der Waals surface area contributed by atoms with Crippen molar-refractivity contribution in [2.24, 2.45) is 0 Å². The third-order valence-corrected chi connectivity index (χ3v) is 2.97. The third kappa shape index (κ3) is 2.83. The van der Waals surface area contributed by atoms with Crippen LogP contribution in [0.4, 0.5) is 11.7 Å². The van der Waals surface area contributed by atoms with Crippen molar-refractivity contribution in [3.8, 4) is 0 Å². The van der Waals surface area contributed by atoms with Crippen molar-refractivity contribution in [3.63, 3.8) is 0 Å². The van der Waals surface area contributed by atoms with E-state index in [1.807, 2.05) is 19.2 Å². The van der Waals surface area contributed by atoms with Crippen LogP contribution in [0.5, 0.6) is 0 Å². The Morgan fingerprint density at radius 3 is 3.10 bits per heavy atom. The Bertz CT molecular complexity index is 765. The summed E-state index contributed by atoms with van der Waals surface area (Å²) in [7, 11) is 0. The summed E-state index contributed by atoms with van der Waals surface area (Å²) in [6.07, 6.45) is 3.58. The second kappa shape index (κ2) is 5.23. The molecular formula is C13H13N5O3. The number of fused-ring (bicyclic) bond motifs is 1. The topological polar surface area (TPSA) is 99.0 Å². The van der Waals surface area contributed by atoms with Crippen LogP contribution in [-0.4, -0.2) is 25.7 Å². The summed E-state index contributed by atoms with van der Waals surface area (Å²) in [5.41, 5.74) is 0.946. The summed E-state index contributed by atoms with van der Waals surface area (Å²) in [6, 6.07) is 6.58. The summed E-state index contributed by atoms with van der Waals surface area (Å²) >= 11 is 0. The van der Waals surface area contributed by atoms with Gasteiger partial charge in [0.1, 0.15) is 5.52 Å². The van der Waals surface area contributed by atoms with E-state index in [2.05, 4.69) is 15.4 Å². The smallest absolute Gasteiger partial charge is 0.295 e. The standard InChI is InChI=1S/C13H13N5O3/c1-9(8-17-6-2-5-14-17)15-13-16-11-4-3-10(18(19)20)7-12(11)21-13/h2-7,9H,8H2,1H3,(H,15,16). The zero-order chi connectivity index (χ0) is 14.8. The highest BCUT2D eigenvalue weighted by Gasteiger charge is 2.13. The van der Waals surface area contributed by atoms with Crippen LogP contribution in [0.2, 0.25) is 0 Å². The Morgan fingerprint density at radius 1 is 1.52 bits per heavy atom. The molecule has 0 aliphatic heterocycles. The van der Waals surface area contributed by atoms with Crippen LogP contribution in [0.15, 0.2) is 41.1 Å². The van der Waals surface area contributed by atoms with Gasteiger partial charge in [-0.05, 0) is 19.1 Å². The van der Waals surface area contributed by atoms with E-state index < -0.39 is 4.92 Å². The van der Waals surface area contributed by atoms with Gasteiger partial charge >= 0.3 is 0 Å². The largest absolute Gasteiger partial charge is 0.423 e. The van der Waals surface area contributed by atoms with Crippen LogP contribution in [0, 0.1) is 10.1 Å². The lowest BCUT2D eigenvalue weighted by Gasteiger charge is -2.11. The maximum Gasteiger partial charge on any atom is 0.295 e. The quantitative estimate of drug-likeness (QED) is 0.571. The molecule has 3 aromatic rings. The second-order valence-electron chi connectivity index (χ2n) is 4.70. The van der Waals surface area contributed by atoms with Gasteiger partial charge in [0.05, 0.1) is 17.5 Å². The first-order chi connectivity index (χ1) is 10.1. The first-order valence-corrected chi connectivity index (χ1v) is 6.41. The van der Waals surface area contributed by atoms with Crippen LogP contribution in [0.25, 0.3) is 11.1 Å². The number of nitro groups is 1. The molecule has 1 atom stereocenters. The van der Waals surface area contributed by atoms with Gasteiger partial charge in [-0.3, -0.25) is 14.8 Å². The summed E-state index contributed by atoms with van der Waals surface area (Å²) < 4.78 is 7.29. The predicted octanol–water partition coefficient (Wildman–Crippen LogP) is 2.43. The molecule has 1 aromatic carbocycles. The van der Waals surface area contributed by atoms with E-state index in [1.54, 1.807) is 16.9 Å². The fourth-order valence-electron chi connectivity index (χ4n) is 2.03. The van der Waals surface area contributed by atoms with Gasteiger partial charge in [0.15, 0.2) is 5.58 Å². The lowest BCUT2D eigenvalue weighted by atomic mass is 10.3. The van der Waals surface area contributed by atoms with Crippen molar-refractivity contribution in [1.82, 2.24) is 14.8 Å². The van der Waals surface area contributed by atoms with E-state index in [0.717, 1.165) is 0 Å². The van der Waals surface area contributed by atoms with Crippen molar-refractivity contribution < 1.29 is 9.34 Å². The van der Waals surface area contributed by atoms with E-state index >= 15 is 0 Å². The number of hydrogen-bond acceptors (Lipinski definition) is 6. The number of nitro benzene ring substituents is 1. The average molecular weight is 287 g/mol. The molecule has 0 fully saturated rings. The van der Waals surface area contributed by atoms with Crippen molar-refractivity contribution in [1.29, 1.82) is 0 Å². The molecule has 8 nitrogen and oxygen atoms in total. The summed E-state index contributed by atoms with van der Waals surface area (Å²) in [5.74, 6) is 0. The number of hydrogen-bond donors (Lipinski definition) is 1. The molecule has 2 aromatic heterocycles. The zero-order valence-corrected chi connectivity index (χ0v) is 11.3. The van der Waals surface area contributed by atoms with Gasteiger partial charge in [-0.2, -0.15) is 10.1 Å². The van der Waals surface area contributed by atoms with Crippen molar-refractivity contribution in [2.45, 2.75) is 19.5 Å². The Hall–Kier alpha value is -2.90. The number of non-ortho nitro benzene ring substituents is 1. The number of rotatable bonds is 5. The Kier molecular flexibility index (Phi) is 3.27. The normalized spacial score (nSPS) is 12.4. The summed E-state index contributed by atoms with van der Waals surface area (Å²) in [4.78, 5) is 14.5. The predicted molar refractivity (Wildman–Crippen MR) is 76.0 cm³/mol. The number of nitrogens with zero attached hydrogens (tertiary/aromatic N) is 4. The molecule has 3 rings (SSSR count). The van der Waals surface area contributed by atoms with E-state index in [1.165, 1.54) is 12.1 Å². The number of anilines is 1. The van der Waals surface area contributed by atoms with Gasteiger partial charge in [-0.25, -0.2) is 0 Å².